The summed E-state index contributed by atoms with van der Waals surface area (Å²) in [4.78, 5) is 15.8. The fraction of sp³-hybridized carbons (Fsp3) is 0.217. The van der Waals surface area contributed by atoms with E-state index in [2.05, 4.69) is 16.3 Å². The molecule has 0 unspecified atom stereocenters. The van der Waals surface area contributed by atoms with Gasteiger partial charge in [-0.1, -0.05) is 24.3 Å². The second kappa shape index (κ2) is 9.41. The van der Waals surface area contributed by atoms with Crippen LogP contribution in [0.25, 0.3) is 0 Å². The Kier molecular flexibility index (Phi) is 6.58. The molecule has 0 saturated carbocycles. The van der Waals surface area contributed by atoms with Crippen molar-refractivity contribution in [2.75, 3.05) is 11.9 Å². The second-order valence-electron chi connectivity index (χ2n) is 7.82. The Bertz CT molecular complexity index is 1350. The Morgan fingerprint density at radius 2 is 1.97 bits per heavy atom. The summed E-state index contributed by atoms with van der Waals surface area (Å²) >= 11 is 1.41. The van der Waals surface area contributed by atoms with Crippen molar-refractivity contribution in [3.63, 3.8) is 0 Å². The molecule has 0 atom stereocenters. The average Bonchev–Trinajstić information content (AvgIpc) is 3.09. The first-order valence-corrected chi connectivity index (χ1v) is 12.5. The van der Waals surface area contributed by atoms with Gasteiger partial charge >= 0.3 is 0 Å². The van der Waals surface area contributed by atoms with Crippen molar-refractivity contribution >= 4 is 32.3 Å². The maximum absolute atomic E-state index is 13.5. The Morgan fingerprint density at radius 1 is 1.21 bits per heavy atom. The molecular formula is C23H21FN4O3S2. The molecule has 33 heavy (non-hydrogen) atoms. The highest BCUT2D eigenvalue weighted by Crippen LogP contribution is 2.37. The smallest absolute Gasteiger partial charge is 0.238 e. The SMILES string of the molecule is N#Cc1c(NC(=O)Cc2ccc(S(N)(=O)=O)cc2)sc2c1CN(Cc1cccc(F)c1)CC2. The monoisotopic (exact) mass is 484 g/mol. The Hall–Kier alpha value is -3.10. The minimum Gasteiger partial charge on any atom is -0.316 e. The maximum Gasteiger partial charge on any atom is 0.238 e. The molecule has 7 nitrogen and oxygen atoms in total. The third-order valence-corrected chi connectivity index (χ3v) is 7.54. The number of carbonyl (C=O) groups is 1. The van der Waals surface area contributed by atoms with Gasteiger partial charge in [-0.2, -0.15) is 5.26 Å². The molecule has 2 aromatic carbocycles. The predicted molar refractivity (Wildman–Crippen MR) is 123 cm³/mol. The van der Waals surface area contributed by atoms with Crippen LogP contribution in [0, 0.1) is 17.1 Å². The minimum absolute atomic E-state index is 0.0212. The Morgan fingerprint density at radius 3 is 2.64 bits per heavy atom. The van der Waals surface area contributed by atoms with E-state index in [9.17, 15) is 22.9 Å². The van der Waals surface area contributed by atoms with Gasteiger partial charge in [0.25, 0.3) is 0 Å². The zero-order valence-corrected chi connectivity index (χ0v) is 19.2. The number of nitriles is 1. The number of nitrogens with one attached hydrogen (secondary N) is 1. The lowest BCUT2D eigenvalue weighted by Gasteiger charge is -2.27. The van der Waals surface area contributed by atoms with Gasteiger partial charge in [-0.15, -0.1) is 11.3 Å². The highest BCUT2D eigenvalue weighted by molar-refractivity contribution is 7.89. The van der Waals surface area contributed by atoms with Crippen LogP contribution in [0.4, 0.5) is 9.39 Å². The lowest BCUT2D eigenvalue weighted by molar-refractivity contribution is -0.115. The first kappa shape index (κ1) is 23.1. The van der Waals surface area contributed by atoms with E-state index in [1.807, 2.05) is 6.07 Å². The Balaban J connectivity index is 1.45. The molecule has 0 spiro atoms. The zero-order chi connectivity index (χ0) is 23.6. The molecule has 3 N–H and O–H groups in total. The van der Waals surface area contributed by atoms with E-state index < -0.39 is 10.0 Å². The number of rotatable bonds is 6. The molecule has 0 fully saturated rings. The summed E-state index contributed by atoms with van der Waals surface area (Å²) in [6.45, 7) is 1.91. The molecule has 1 amide bonds. The van der Waals surface area contributed by atoms with Crippen molar-refractivity contribution in [1.82, 2.24) is 4.90 Å². The third-order valence-electron chi connectivity index (χ3n) is 5.40. The van der Waals surface area contributed by atoms with E-state index in [0.717, 1.165) is 29.0 Å². The summed E-state index contributed by atoms with van der Waals surface area (Å²) in [6.07, 6.45) is 0.777. The molecule has 2 heterocycles. The van der Waals surface area contributed by atoms with Crippen LogP contribution in [0.2, 0.25) is 0 Å². The number of thiophene rings is 1. The summed E-state index contributed by atoms with van der Waals surface area (Å²) in [6, 6.07) is 14.5. The van der Waals surface area contributed by atoms with Gasteiger partial charge in [0.05, 0.1) is 16.9 Å². The fourth-order valence-corrected chi connectivity index (χ4v) is 5.51. The topological polar surface area (TPSA) is 116 Å². The Labute approximate surface area is 195 Å². The van der Waals surface area contributed by atoms with Gasteiger partial charge in [-0.3, -0.25) is 9.69 Å². The quantitative estimate of drug-likeness (QED) is 0.558. The number of carbonyl (C=O) groups excluding carboxylic acids is 1. The molecule has 1 aromatic heterocycles. The normalized spacial score (nSPS) is 13.8. The van der Waals surface area contributed by atoms with E-state index in [1.165, 1.54) is 47.7 Å². The number of benzene rings is 2. The van der Waals surface area contributed by atoms with Gasteiger partial charge in [0.2, 0.25) is 15.9 Å². The van der Waals surface area contributed by atoms with Crippen LogP contribution in [0.1, 0.15) is 27.1 Å². The van der Waals surface area contributed by atoms with Gasteiger partial charge in [0.1, 0.15) is 16.9 Å². The van der Waals surface area contributed by atoms with Crippen LogP contribution in [0.15, 0.2) is 53.4 Å². The number of hydrogen-bond donors (Lipinski definition) is 2. The average molecular weight is 485 g/mol. The van der Waals surface area contributed by atoms with Crippen molar-refractivity contribution in [2.24, 2.45) is 5.14 Å². The van der Waals surface area contributed by atoms with Gasteiger partial charge in [-0.05, 0) is 41.8 Å². The molecule has 1 aliphatic heterocycles. The number of fused-ring (bicyclic) bond motifs is 1. The summed E-state index contributed by atoms with van der Waals surface area (Å²) in [5.41, 5.74) is 2.85. The summed E-state index contributed by atoms with van der Waals surface area (Å²) in [5.74, 6) is -0.576. The van der Waals surface area contributed by atoms with Crippen LogP contribution < -0.4 is 10.5 Å². The predicted octanol–water partition coefficient (Wildman–Crippen LogP) is 3.15. The highest BCUT2D eigenvalue weighted by atomic mass is 32.2. The number of hydrogen-bond acceptors (Lipinski definition) is 6. The second-order valence-corrected chi connectivity index (χ2v) is 10.5. The van der Waals surface area contributed by atoms with Crippen LogP contribution in [-0.4, -0.2) is 25.8 Å². The summed E-state index contributed by atoms with van der Waals surface area (Å²) in [7, 11) is -3.79. The van der Waals surface area contributed by atoms with E-state index in [1.54, 1.807) is 6.07 Å². The molecule has 3 aromatic rings. The molecule has 0 saturated heterocycles. The number of halogens is 1. The van der Waals surface area contributed by atoms with E-state index >= 15 is 0 Å². The molecule has 170 valence electrons. The van der Waals surface area contributed by atoms with E-state index in [0.29, 0.717) is 29.2 Å². The number of amides is 1. The van der Waals surface area contributed by atoms with Crippen LogP contribution in [0.5, 0.6) is 0 Å². The van der Waals surface area contributed by atoms with Crippen LogP contribution in [0.3, 0.4) is 0 Å². The number of primary sulfonamides is 1. The number of sulfonamides is 1. The van der Waals surface area contributed by atoms with Gasteiger partial charge in [0.15, 0.2) is 0 Å². The van der Waals surface area contributed by atoms with Crippen molar-refractivity contribution in [2.45, 2.75) is 30.8 Å². The fourth-order valence-electron chi connectivity index (χ4n) is 3.83. The first-order chi connectivity index (χ1) is 15.7. The van der Waals surface area contributed by atoms with Gasteiger partial charge < -0.3 is 5.32 Å². The van der Waals surface area contributed by atoms with Crippen molar-refractivity contribution < 1.29 is 17.6 Å². The number of anilines is 1. The number of nitrogens with zero attached hydrogens (tertiary/aromatic N) is 2. The number of nitrogens with two attached hydrogens (primary N) is 1. The molecule has 4 rings (SSSR count). The minimum atomic E-state index is -3.79. The van der Waals surface area contributed by atoms with E-state index in [4.69, 9.17) is 5.14 Å². The molecule has 0 bridgehead atoms. The lowest BCUT2D eigenvalue weighted by atomic mass is 10.0. The largest absolute Gasteiger partial charge is 0.316 e. The lowest BCUT2D eigenvalue weighted by Crippen LogP contribution is -2.29. The van der Waals surface area contributed by atoms with Crippen LogP contribution in [-0.2, 0) is 40.7 Å². The summed E-state index contributed by atoms with van der Waals surface area (Å²) in [5, 5.41) is 18.2. The van der Waals surface area contributed by atoms with Crippen LogP contribution >= 0.6 is 11.3 Å². The van der Waals surface area contributed by atoms with Gasteiger partial charge in [0, 0.05) is 30.1 Å². The maximum atomic E-state index is 13.5. The first-order valence-electron chi connectivity index (χ1n) is 10.2. The van der Waals surface area contributed by atoms with Crippen molar-refractivity contribution in [3.05, 3.63) is 81.5 Å². The molecule has 0 radical (unpaired) electrons. The molecule has 0 aliphatic carbocycles. The molecule has 1 aliphatic rings. The van der Waals surface area contributed by atoms with Gasteiger partial charge in [-0.25, -0.2) is 17.9 Å². The highest BCUT2D eigenvalue weighted by Gasteiger charge is 2.25. The van der Waals surface area contributed by atoms with Crippen molar-refractivity contribution in [1.29, 1.82) is 5.26 Å². The standard InChI is InChI=1S/C23H21FN4O3S2/c24-17-3-1-2-16(10-17)13-28-9-8-21-20(14-28)19(12-25)23(32-21)27-22(29)11-15-4-6-18(7-5-15)33(26,30)31/h1-7,10H,8-9,11,13-14H2,(H,27,29)(H2,26,30,31). The van der Waals surface area contributed by atoms with Crippen molar-refractivity contribution in [3.8, 4) is 6.07 Å². The molecule has 10 heteroatoms. The third kappa shape index (κ3) is 5.46. The summed E-state index contributed by atoms with van der Waals surface area (Å²) < 4.78 is 36.2. The zero-order valence-electron chi connectivity index (χ0n) is 17.5. The van der Waals surface area contributed by atoms with E-state index in [-0.39, 0.29) is 23.0 Å². The molecular weight excluding hydrogens is 463 g/mol.